The van der Waals surface area contributed by atoms with Crippen LogP contribution < -0.4 is 29.7 Å². The predicted molar refractivity (Wildman–Crippen MR) is 139 cm³/mol. The van der Waals surface area contributed by atoms with Crippen molar-refractivity contribution in [2.45, 2.75) is 25.9 Å². The third kappa shape index (κ3) is 6.44. The molecule has 1 aliphatic rings. The van der Waals surface area contributed by atoms with Gasteiger partial charge in [0.05, 0.1) is 32.9 Å². The van der Waals surface area contributed by atoms with E-state index in [4.69, 9.17) is 30.8 Å². The van der Waals surface area contributed by atoms with Gasteiger partial charge in [0, 0.05) is 31.9 Å². The maximum absolute atomic E-state index is 6.31. The molecule has 1 aromatic carbocycles. The number of methoxy groups -OCH3 is 3. The molecule has 0 saturated carbocycles. The molecule has 2 N–H and O–H groups in total. The molecule has 2 aromatic rings. The van der Waals surface area contributed by atoms with Crippen LogP contribution in [-0.2, 0) is 6.54 Å². The summed E-state index contributed by atoms with van der Waals surface area (Å²) in [6, 6.07) is 7.78. The van der Waals surface area contributed by atoms with Crippen molar-refractivity contribution in [1.82, 2.24) is 15.6 Å². The Hall–Kier alpha value is -2.14. The van der Waals surface area contributed by atoms with Gasteiger partial charge in [0.2, 0.25) is 5.75 Å². The number of pyridine rings is 1. The van der Waals surface area contributed by atoms with E-state index in [0.29, 0.717) is 28.8 Å². The summed E-state index contributed by atoms with van der Waals surface area (Å²) in [5.74, 6) is 3.39. The molecule has 10 heteroatoms. The number of aliphatic imine (C=N–C) groups is 1. The Morgan fingerprint density at radius 3 is 2.53 bits per heavy atom. The Morgan fingerprint density at radius 2 is 1.94 bits per heavy atom. The first kappa shape index (κ1) is 26.1. The standard InChI is InChI=1S/C22H30ClN5O3.HI/c1-5-24-22(26-13-15-11-18(29-2)20(31-4)19(12-15)30-3)27-16-8-10-28(14-16)21-17(23)7-6-9-25-21;/h6-7,9,11-12,16H,5,8,10,13-14H2,1-4H3,(H2,24,26,27);1H. The van der Waals surface area contributed by atoms with Crippen LogP contribution in [0.4, 0.5) is 5.82 Å². The van der Waals surface area contributed by atoms with Crippen molar-refractivity contribution in [3.05, 3.63) is 41.0 Å². The zero-order valence-corrected chi connectivity index (χ0v) is 21.9. The van der Waals surface area contributed by atoms with Crippen molar-refractivity contribution in [3.8, 4) is 17.2 Å². The van der Waals surface area contributed by atoms with E-state index in [0.717, 1.165) is 43.4 Å². The van der Waals surface area contributed by atoms with Crippen molar-refractivity contribution in [2.24, 2.45) is 4.99 Å². The normalized spacial score (nSPS) is 15.7. The summed E-state index contributed by atoms with van der Waals surface area (Å²) < 4.78 is 16.3. The fourth-order valence-electron chi connectivity index (χ4n) is 3.59. The van der Waals surface area contributed by atoms with Crippen molar-refractivity contribution in [2.75, 3.05) is 45.9 Å². The molecule has 32 heavy (non-hydrogen) atoms. The third-order valence-corrected chi connectivity index (χ3v) is 5.35. The molecule has 8 nitrogen and oxygen atoms in total. The topological polar surface area (TPSA) is 80.2 Å². The zero-order valence-electron chi connectivity index (χ0n) is 18.9. The SMILES string of the molecule is CCNC(=NCc1cc(OC)c(OC)c(OC)c1)NC1CCN(c2ncccc2Cl)C1.I. The average molecular weight is 576 g/mol. The van der Waals surface area contributed by atoms with E-state index >= 15 is 0 Å². The predicted octanol–water partition coefficient (Wildman–Crippen LogP) is 3.71. The van der Waals surface area contributed by atoms with Crippen LogP contribution in [0.5, 0.6) is 17.2 Å². The molecule has 1 aliphatic heterocycles. The van der Waals surface area contributed by atoms with Gasteiger partial charge in [0.25, 0.3) is 0 Å². The highest BCUT2D eigenvalue weighted by Crippen LogP contribution is 2.38. The highest BCUT2D eigenvalue weighted by Gasteiger charge is 2.25. The number of anilines is 1. The minimum Gasteiger partial charge on any atom is -0.493 e. The number of nitrogens with one attached hydrogen (secondary N) is 2. The van der Waals surface area contributed by atoms with Gasteiger partial charge < -0.3 is 29.7 Å². The van der Waals surface area contributed by atoms with Gasteiger partial charge in [0.1, 0.15) is 5.82 Å². The van der Waals surface area contributed by atoms with Gasteiger partial charge >= 0.3 is 0 Å². The Morgan fingerprint density at radius 1 is 1.22 bits per heavy atom. The summed E-state index contributed by atoms with van der Waals surface area (Å²) in [4.78, 5) is 11.4. The van der Waals surface area contributed by atoms with E-state index in [1.807, 2.05) is 31.2 Å². The largest absolute Gasteiger partial charge is 0.493 e. The second kappa shape index (κ2) is 12.8. The van der Waals surface area contributed by atoms with Crippen molar-refractivity contribution in [1.29, 1.82) is 0 Å². The first-order valence-electron chi connectivity index (χ1n) is 10.3. The number of rotatable bonds is 8. The van der Waals surface area contributed by atoms with E-state index < -0.39 is 0 Å². The zero-order chi connectivity index (χ0) is 22.2. The lowest BCUT2D eigenvalue weighted by atomic mass is 10.2. The van der Waals surface area contributed by atoms with E-state index in [1.165, 1.54) is 0 Å². The van der Waals surface area contributed by atoms with Crippen molar-refractivity contribution < 1.29 is 14.2 Å². The van der Waals surface area contributed by atoms with Crippen LogP contribution in [0.15, 0.2) is 35.5 Å². The number of hydrogen-bond donors (Lipinski definition) is 2. The Balaban J connectivity index is 0.00000363. The maximum Gasteiger partial charge on any atom is 0.203 e. The van der Waals surface area contributed by atoms with Crippen LogP contribution in [0.2, 0.25) is 5.02 Å². The molecule has 0 amide bonds. The third-order valence-electron chi connectivity index (χ3n) is 5.06. The van der Waals surface area contributed by atoms with Crippen LogP contribution in [0.25, 0.3) is 0 Å². The quantitative estimate of drug-likeness (QED) is 0.282. The van der Waals surface area contributed by atoms with E-state index in [-0.39, 0.29) is 30.0 Å². The summed E-state index contributed by atoms with van der Waals surface area (Å²) in [6.07, 6.45) is 2.74. The molecule has 1 saturated heterocycles. The van der Waals surface area contributed by atoms with Crippen LogP contribution >= 0.6 is 35.6 Å². The highest BCUT2D eigenvalue weighted by atomic mass is 127. The Bertz CT molecular complexity index is 890. The van der Waals surface area contributed by atoms with Gasteiger partial charge in [-0.3, -0.25) is 0 Å². The number of nitrogens with zero attached hydrogens (tertiary/aromatic N) is 3. The molecule has 1 atom stereocenters. The number of hydrogen-bond acceptors (Lipinski definition) is 6. The second-order valence-corrected chi connectivity index (χ2v) is 7.52. The van der Waals surface area contributed by atoms with E-state index in [1.54, 1.807) is 27.5 Å². The van der Waals surface area contributed by atoms with E-state index in [2.05, 4.69) is 20.5 Å². The van der Waals surface area contributed by atoms with Crippen molar-refractivity contribution >= 4 is 47.4 Å². The Kier molecular flexibility index (Phi) is 10.4. The highest BCUT2D eigenvalue weighted by molar-refractivity contribution is 14.0. The van der Waals surface area contributed by atoms with Crippen LogP contribution in [0.3, 0.4) is 0 Å². The van der Waals surface area contributed by atoms with Gasteiger partial charge in [-0.25, -0.2) is 9.98 Å². The number of guanidine groups is 1. The molecule has 0 radical (unpaired) electrons. The second-order valence-electron chi connectivity index (χ2n) is 7.11. The lowest BCUT2D eigenvalue weighted by molar-refractivity contribution is 0.324. The van der Waals surface area contributed by atoms with Gasteiger partial charge in [-0.15, -0.1) is 24.0 Å². The fourth-order valence-corrected chi connectivity index (χ4v) is 3.83. The number of ether oxygens (including phenoxy) is 3. The van der Waals surface area contributed by atoms with Gasteiger partial charge in [-0.1, -0.05) is 11.6 Å². The summed E-state index contributed by atoms with van der Waals surface area (Å²) in [6.45, 7) is 4.98. The minimum absolute atomic E-state index is 0. The lowest BCUT2D eigenvalue weighted by Crippen LogP contribution is -2.44. The molecular formula is C22H31ClIN5O3. The minimum atomic E-state index is 0. The Labute approximate surface area is 211 Å². The van der Waals surface area contributed by atoms with Crippen LogP contribution in [-0.4, -0.2) is 57.9 Å². The summed E-state index contributed by atoms with van der Waals surface area (Å²) in [5, 5.41) is 7.51. The molecule has 1 aromatic heterocycles. The molecule has 0 aliphatic carbocycles. The van der Waals surface area contributed by atoms with Gasteiger partial charge in [-0.2, -0.15) is 0 Å². The lowest BCUT2D eigenvalue weighted by Gasteiger charge is -2.20. The molecule has 0 bridgehead atoms. The van der Waals surface area contributed by atoms with Gasteiger partial charge in [-0.05, 0) is 43.2 Å². The van der Waals surface area contributed by atoms with Crippen LogP contribution in [0.1, 0.15) is 18.9 Å². The number of aromatic nitrogens is 1. The number of halogens is 2. The molecule has 0 spiro atoms. The summed E-state index contributed by atoms with van der Waals surface area (Å²) >= 11 is 6.31. The molecule has 2 heterocycles. The monoisotopic (exact) mass is 575 g/mol. The molecular weight excluding hydrogens is 545 g/mol. The van der Waals surface area contributed by atoms with Gasteiger partial charge in [0.15, 0.2) is 17.5 Å². The first-order valence-corrected chi connectivity index (χ1v) is 10.7. The van der Waals surface area contributed by atoms with Crippen molar-refractivity contribution in [3.63, 3.8) is 0 Å². The molecule has 1 fully saturated rings. The van der Waals surface area contributed by atoms with E-state index in [9.17, 15) is 0 Å². The smallest absolute Gasteiger partial charge is 0.203 e. The molecule has 3 rings (SSSR count). The first-order chi connectivity index (χ1) is 15.1. The number of benzene rings is 1. The fraction of sp³-hybridized carbons (Fsp3) is 0.455. The molecule has 1 unspecified atom stereocenters. The summed E-state index contributed by atoms with van der Waals surface area (Å²) in [5.41, 5.74) is 0.958. The maximum atomic E-state index is 6.31. The van der Waals surface area contributed by atoms with Crippen LogP contribution in [0, 0.1) is 0 Å². The summed E-state index contributed by atoms with van der Waals surface area (Å²) in [7, 11) is 4.81. The molecule has 176 valence electrons. The average Bonchev–Trinajstić information content (AvgIpc) is 3.25.